The molecule has 114 valence electrons. The predicted molar refractivity (Wildman–Crippen MR) is 84.8 cm³/mol. The average Bonchev–Trinajstić information content (AvgIpc) is 2.74. The van der Waals surface area contributed by atoms with E-state index in [2.05, 4.69) is 44.9 Å². The largest absolute Gasteiger partial charge is 0.378 e. The molecule has 1 heterocycles. The highest BCUT2D eigenvalue weighted by Crippen LogP contribution is 2.38. The van der Waals surface area contributed by atoms with Crippen molar-refractivity contribution < 1.29 is 4.74 Å². The van der Waals surface area contributed by atoms with E-state index >= 15 is 0 Å². The Kier molecular flexibility index (Phi) is 6.05. The number of aromatic nitrogens is 2. The summed E-state index contributed by atoms with van der Waals surface area (Å²) in [5, 5.41) is 7.93. The van der Waals surface area contributed by atoms with Crippen molar-refractivity contribution in [2.75, 3.05) is 13.7 Å². The van der Waals surface area contributed by atoms with E-state index in [4.69, 9.17) is 4.74 Å². The lowest BCUT2D eigenvalue weighted by molar-refractivity contribution is -0.0292. The van der Waals surface area contributed by atoms with Crippen LogP contribution in [0.5, 0.6) is 0 Å². The van der Waals surface area contributed by atoms with Crippen molar-refractivity contribution in [1.29, 1.82) is 0 Å². The number of rotatable bonds is 8. The van der Waals surface area contributed by atoms with Crippen molar-refractivity contribution in [1.82, 2.24) is 15.1 Å². The van der Waals surface area contributed by atoms with E-state index in [1.165, 1.54) is 18.5 Å². The molecule has 0 bridgehead atoms. The summed E-state index contributed by atoms with van der Waals surface area (Å²) in [6, 6.07) is 0.367. The zero-order chi connectivity index (χ0) is 14.5. The Bertz CT molecular complexity index is 415. The number of hydrogen-bond donors (Lipinski definition) is 1. The van der Waals surface area contributed by atoms with E-state index in [1.807, 2.05) is 13.2 Å². The Morgan fingerprint density at radius 1 is 1.50 bits per heavy atom. The van der Waals surface area contributed by atoms with E-state index in [0.717, 1.165) is 36.4 Å². The fourth-order valence-corrected chi connectivity index (χ4v) is 3.62. The molecule has 1 fully saturated rings. The highest BCUT2D eigenvalue weighted by Gasteiger charge is 2.32. The molecular formula is C15H26BrN3O. The number of nitrogens with zero attached hydrogens (tertiary/aromatic N) is 2. The molecule has 0 amide bonds. The molecule has 2 rings (SSSR count). The smallest absolute Gasteiger partial charge is 0.0695 e. The molecular weight excluding hydrogens is 318 g/mol. The summed E-state index contributed by atoms with van der Waals surface area (Å²) in [5.74, 6) is 0.765. The summed E-state index contributed by atoms with van der Waals surface area (Å²) in [5.41, 5.74) is 1.29. The topological polar surface area (TPSA) is 39.1 Å². The summed E-state index contributed by atoms with van der Waals surface area (Å²) in [7, 11) is 2.04. The highest BCUT2D eigenvalue weighted by molar-refractivity contribution is 9.10. The lowest BCUT2D eigenvalue weighted by atomic mass is 9.77. The summed E-state index contributed by atoms with van der Waals surface area (Å²) >= 11 is 3.65. The van der Waals surface area contributed by atoms with Crippen LogP contribution in [0.15, 0.2) is 10.7 Å². The first-order valence-corrected chi connectivity index (χ1v) is 8.48. The number of halogens is 1. The third kappa shape index (κ3) is 3.62. The fourth-order valence-electron chi connectivity index (χ4n) is 3.05. The summed E-state index contributed by atoms with van der Waals surface area (Å²) in [6.45, 7) is 6.07. The zero-order valence-corrected chi connectivity index (χ0v) is 14.3. The van der Waals surface area contributed by atoms with Gasteiger partial charge in [0.15, 0.2) is 0 Å². The van der Waals surface area contributed by atoms with Crippen molar-refractivity contribution >= 4 is 15.9 Å². The predicted octanol–water partition coefficient (Wildman–Crippen LogP) is 3.52. The van der Waals surface area contributed by atoms with E-state index < -0.39 is 0 Å². The fraction of sp³-hybridized carbons (Fsp3) is 0.800. The number of hydrogen-bond acceptors (Lipinski definition) is 3. The van der Waals surface area contributed by atoms with Crippen LogP contribution in [0, 0.1) is 5.92 Å². The molecule has 1 atom stereocenters. The molecule has 0 spiro atoms. The van der Waals surface area contributed by atoms with Crippen LogP contribution in [0.25, 0.3) is 0 Å². The molecule has 0 aromatic carbocycles. The monoisotopic (exact) mass is 343 g/mol. The first-order chi connectivity index (χ1) is 9.69. The van der Waals surface area contributed by atoms with Gasteiger partial charge in [0.2, 0.25) is 0 Å². The Labute approximate surface area is 130 Å². The van der Waals surface area contributed by atoms with Gasteiger partial charge in [0.25, 0.3) is 0 Å². The van der Waals surface area contributed by atoms with Gasteiger partial charge in [0.05, 0.1) is 28.5 Å². The van der Waals surface area contributed by atoms with E-state index in [0.29, 0.717) is 12.1 Å². The first kappa shape index (κ1) is 16.0. The second-order valence-corrected chi connectivity index (χ2v) is 6.45. The van der Waals surface area contributed by atoms with Gasteiger partial charge >= 0.3 is 0 Å². The third-order valence-corrected chi connectivity index (χ3v) is 4.72. The third-order valence-electron chi connectivity index (χ3n) is 4.11. The van der Waals surface area contributed by atoms with Crippen LogP contribution >= 0.6 is 15.9 Å². The van der Waals surface area contributed by atoms with Gasteiger partial charge in [-0.2, -0.15) is 5.10 Å². The summed E-state index contributed by atoms with van der Waals surface area (Å²) < 4.78 is 8.90. The minimum absolute atomic E-state index is 0.367. The number of aryl methyl sites for hydroxylation is 1. The van der Waals surface area contributed by atoms with Gasteiger partial charge < -0.3 is 10.1 Å². The van der Waals surface area contributed by atoms with Crippen LogP contribution < -0.4 is 5.32 Å². The standard InChI is InChI=1S/C15H26BrN3O/c1-4-6-19-15(13(16)10-18-19)14(17-3)9-11-7-12(8-11)20-5-2/h10-12,14,17H,4-9H2,1-3H3. The number of nitrogens with one attached hydrogen (secondary N) is 1. The van der Waals surface area contributed by atoms with Crippen molar-refractivity contribution in [3.8, 4) is 0 Å². The van der Waals surface area contributed by atoms with Gasteiger partial charge in [-0.25, -0.2) is 0 Å². The minimum Gasteiger partial charge on any atom is -0.378 e. The van der Waals surface area contributed by atoms with Crippen LogP contribution in [0.3, 0.4) is 0 Å². The molecule has 1 unspecified atom stereocenters. The Hall–Kier alpha value is -0.390. The maximum atomic E-state index is 5.65. The van der Waals surface area contributed by atoms with Crippen LogP contribution in [0.2, 0.25) is 0 Å². The molecule has 1 saturated carbocycles. The van der Waals surface area contributed by atoms with E-state index in [1.54, 1.807) is 0 Å². The molecule has 1 aromatic rings. The SMILES string of the molecule is CCCn1ncc(Br)c1C(CC1CC(OCC)C1)NC. The molecule has 1 N–H and O–H groups in total. The van der Waals surface area contributed by atoms with E-state index in [-0.39, 0.29) is 0 Å². The minimum atomic E-state index is 0.367. The van der Waals surface area contributed by atoms with Gasteiger partial charge in [-0.15, -0.1) is 0 Å². The van der Waals surface area contributed by atoms with Crippen LogP contribution in [-0.4, -0.2) is 29.5 Å². The quantitative estimate of drug-likeness (QED) is 0.784. The van der Waals surface area contributed by atoms with Crippen molar-refractivity contribution in [2.45, 2.75) is 58.2 Å². The van der Waals surface area contributed by atoms with Gasteiger partial charge in [-0.1, -0.05) is 6.92 Å². The maximum Gasteiger partial charge on any atom is 0.0695 e. The van der Waals surface area contributed by atoms with Gasteiger partial charge in [-0.3, -0.25) is 4.68 Å². The molecule has 4 nitrogen and oxygen atoms in total. The Balaban J connectivity index is 1.97. The average molecular weight is 344 g/mol. The van der Waals surface area contributed by atoms with Crippen LogP contribution in [0.1, 0.15) is 51.3 Å². The molecule has 0 radical (unpaired) electrons. The van der Waals surface area contributed by atoms with E-state index in [9.17, 15) is 0 Å². The van der Waals surface area contributed by atoms with Crippen LogP contribution in [0.4, 0.5) is 0 Å². The second-order valence-electron chi connectivity index (χ2n) is 5.59. The normalized spacial score (nSPS) is 23.6. The van der Waals surface area contributed by atoms with Crippen LogP contribution in [-0.2, 0) is 11.3 Å². The molecule has 5 heteroatoms. The first-order valence-electron chi connectivity index (χ1n) is 7.69. The van der Waals surface area contributed by atoms with Crippen molar-refractivity contribution in [3.63, 3.8) is 0 Å². The van der Waals surface area contributed by atoms with Gasteiger partial charge in [-0.05, 0) is 61.5 Å². The second kappa shape index (κ2) is 7.57. The molecule has 1 aliphatic rings. The lowest BCUT2D eigenvalue weighted by Gasteiger charge is -2.37. The summed E-state index contributed by atoms with van der Waals surface area (Å²) in [6.07, 6.45) is 7.07. The van der Waals surface area contributed by atoms with Gasteiger partial charge in [0, 0.05) is 13.2 Å². The van der Waals surface area contributed by atoms with Crippen molar-refractivity contribution in [2.24, 2.45) is 5.92 Å². The molecule has 0 saturated heterocycles. The van der Waals surface area contributed by atoms with Crippen molar-refractivity contribution in [3.05, 3.63) is 16.4 Å². The summed E-state index contributed by atoms with van der Waals surface area (Å²) in [4.78, 5) is 0. The maximum absolute atomic E-state index is 5.65. The Morgan fingerprint density at radius 2 is 2.25 bits per heavy atom. The zero-order valence-electron chi connectivity index (χ0n) is 12.7. The lowest BCUT2D eigenvalue weighted by Crippen LogP contribution is -2.34. The molecule has 20 heavy (non-hydrogen) atoms. The number of ether oxygens (including phenoxy) is 1. The highest BCUT2D eigenvalue weighted by atomic mass is 79.9. The molecule has 0 aliphatic heterocycles. The molecule has 1 aromatic heterocycles. The Morgan fingerprint density at radius 3 is 2.85 bits per heavy atom. The molecule has 1 aliphatic carbocycles. The van der Waals surface area contributed by atoms with Gasteiger partial charge in [0.1, 0.15) is 0 Å².